The molecule has 3 amide bonds. The summed E-state index contributed by atoms with van der Waals surface area (Å²) < 4.78 is 0. The Morgan fingerprint density at radius 1 is 1.00 bits per heavy atom. The summed E-state index contributed by atoms with van der Waals surface area (Å²) in [6.07, 6.45) is 2.68. The van der Waals surface area contributed by atoms with Crippen LogP contribution in [0.5, 0.6) is 0 Å². The van der Waals surface area contributed by atoms with E-state index in [9.17, 15) is 14.4 Å². The topological polar surface area (TPSA) is 90.5 Å². The third kappa shape index (κ3) is 4.06. The summed E-state index contributed by atoms with van der Waals surface area (Å²) in [5.41, 5.74) is 3.93. The molecule has 0 radical (unpaired) electrons. The number of nitrogens with zero attached hydrogens (tertiary/aromatic N) is 1. The Labute approximate surface area is 187 Å². The maximum Gasteiger partial charge on any atom is 0.255 e. The molecular weight excluding hydrogens is 404 g/mol. The normalized spacial score (nSPS) is 25.6. The van der Waals surface area contributed by atoms with Gasteiger partial charge < -0.3 is 15.5 Å². The van der Waals surface area contributed by atoms with E-state index in [1.807, 2.05) is 24.3 Å². The molecule has 0 saturated carbocycles. The van der Waals surface area contributed by atoms with E-state index in [0.29, 0.717) is 37.2 Å². The van der Waals surface area contributed by atoms with Gasteiger partial charge in [0, 0.05) is 37.2 Å². The first-order valence-corrected chi connectivity index (χ1v) is 11.4. The third-order valence-corrected chi connectivity index (χ3v) is 6.83. The molecule has 166 valence electrons. The number of piperidine rings is 2. The van der Waals surface area contributed by atoms with Crippen molar-refractivity contribution in [1.29, 1.82) is 0 Å². The molecule has 0 aliphatic carbocycles. The van der Waals surface area contributed by atoms with Crippen LogP contribution in [0.2, 0.25) is 0 Å². The highest BCUT2D eigenvalue weighted by Gasteiger charge is 2.40. The smallest absolute Gasteiger partial charge is 0.255 e. The van der Waals surface area contributed by atoms with Crippen LogP contribution in [0.25, 0.3) is 0 Å². The zero-order chi connectivity index (χ0) is 22.1. The number of amides is 3. The van der Waals surface area contributed by atoms with Crippen LogP contribution < -0.4 is 16.0 Å². The summed E-state index contributed by atoms with van der Waals surface area (Å²) in [4.78, 5) is 38.7. The van der Waals surface area contributed by atoms with Crippen LogP contribution in [0.1, 0.15) is 58.8 Å². The summed E-state index contributed by atoms with van der Waals surface area (Å²) >= 11 is 0. The molecule has 7 heteroatoms. The van der Waals surface area contributed by atoms with Gasteiger partial charge in [-0.05, 0) is 42.5 Å². The number of rotatable bonds is 5. The van der Waals surface area contributed by atoms with Crippen molar-refractivity contribution in [2.75, 3.05) is 6.54 Å². The van der Waals surface area contributed by atoms with E-state index in [0.717, 1.165) is 30.5 Å². The molecular formula is C25H28N4O3. The van der Waals surface area contributed by atoms with Gasteiger partial charge in [0.05, 0.1) is 0 Å². The quantitative estimate of drug-likeness (QED) is 0.629. The minimum absolute atomic E-state index is 0.112. The third-order valence-electron chi connectivity index (χ3n) is 6.83. The van der Waals surface area contributed by atoms with Crippen LogP contribution >= 0.6 is 0 Å². The largest absolute Gasteiger partial charge is 0.322 e. The molecule has 3 aliphatic rings. The number of carbonyl (C=O) groups is 3. The Kier molecular flexibility index (Phi) is 5.76. The summed E-state index contributed by atoms with van der Waals surface area (Å²) in [5.74, 6) is -0.751. The lowest BCUT2D eigenvalue weighted by molar-refractivity contribution is -0.136. The number of nitrogens with one attached hydrogen (secondary N) is 3. The monoisotopic (exact) mass is 432 g/mol. The highest BCUT2D eigenvalue weighted by molar-refractivity contribution is 6.05. The molecule has 0 spiro atoms. The van der Waals surface area contributed by atoms with Gasteiger partial charge in [0.15, 0.2) is 0 Å². The fourth-order valence-electron chi connectivity index (χ4n) is 5.13. The van der Waals surface area contributed by atoms with Crippen molar-refractivity contribution in [2.45, 2.75) is 56.9 Å². The lowest BCUT2D eigenvalue weighted by Gasteiger charge is -2.31. The van der Waals surface area contributed by atoms with Crippen LogP contribution in [0.3, 0.4) is 0 Å². The maximum atomic E-state index is 13.3. The predicted molar refractivity (Wildman–Crippen MR) is 120 cm³/mol. The second-order valence-corrected chi connectivity index (χ2v) is 8.87. The lowest BCUT2D eigenvalue weighted by Crippen LogP contribution is -2.52. The van der Waals surface area contributed by atoms with E-state index in [-0.39, 0.29) is 24.1 Å². The number of fused-ring (bicyclic) bond motifs is 1. The molecule has 3 N–H and O–H groups in total. The van der Waals surface area contributed by atoms with E-state index in [1.165, 1.54) is 5.56 Å². The van der Waals surface area contributed by atoms with Crippen molar-refractivity contribution in [3.05, 3.63) is 70.8 Å². The molecule has 2 aromatic rings. The fourth-order valence-corrected chi connectivity index (χ4v) is 5.13. The van der Waals surface area contributed by atoms with E-state index in [2.05, 4.69) is 40.2 Å². The molecule has 2 saturated heterocycles. The summed E-state index contributed by atoms with van der Waals surface area (Å²) in [6, 6.07) is 16.5. The highest BCUT2D eigenvalue weighted by Crippen LogP contribution is 2.30. The van der Waals surface area contributed by atoms with Crippen LogP contribution in [0, 0.1) is 0 Å². The Hall–Kier alpha value is -3.03. The van der Waals surface area contributed by atoms with Crippen LogP contribution in [0.4, 0.5) is 0 Å². The van der Waals surface area contributed by atoms with Gasteiger partial charge in [-0.2, -0.15) is 0 Å². The Bertz CT molecular complexity index is 1040. The Morgan fingerprint density at radius 2 is 1.84 bits per heavy atom. The molecule has 2 fully saturated rings. The number of carbonyl (C=O) groups excluding carboxylic acids is 3. The van der Waals surface area contributed by atoms with Gasteiger partial charge in [0.1, 0.15) is 6.04 Å². The number of hydrogen-bond donors (Lipinski definition) is 3. The van der Waals surface area contributed by atoms with Crippen molar-refractivity contribution in [3.63, 3.8) is 0 Å². The van der Waals surface area contributed by atoms with Crippen molar-refractivity contribution >= 4 is 17.7 Å². The zero-order valence-corrected chi connectivity index (χ0v) is 18.0. The van der Waals surface area contributed by atoms with Crippen molar-refractivity contribution in [1.82, 2.24) is 20.9 Å². The molecule has 5 rings (SSSR count). The van der Waals surface area contributed by atoms with Crippen molar-refractivity contribution in [2.24, 2.45) is 0 Å². The van der Waals surface area contributed by atoms with Crippen LogP contribution in [-0.4, -0.2) is 41.2 Å². The molecule has 1 unspecified atom stereocenters. The molecule has 3 heterocycles. The molecule has 7 nitrogen and oxygen atoms in total. The van der Waals surface area contributed by atoms with Crippen molar-refractivity contribution < 1.29 is 14.4 Å². The summed E-state index contributed by atoms with van der Waals surface area (Å²) in [7, 11) is 0. The van der Waals surface area contributed by atoms with Gasteiger partial charge in [-0.25, -0.2) is 0 Å². The van der Waals surface area contributed by atoms with Gasteiger partial charge in [-0.3, -0.25) is 19.7 Å². The molecule has 3 aliphatic heterocycles. The minimum atomic E-state index is -0.579. The number of benzene rings is 2. The van der Waals surface area contributed by atoms with Crippen molar-refractivity contribution in [3.8, 4) is 0 Å². The highest BCUT2D eigenvalue weighted by atomic mass is 16.2. The Balaban J connectivity index is 1.26. The van der Waals surface area contributed by atoms with E-state index < -0.39 is 6.04 Å². The SMILES string of the molecule is O=C1CCC(N2Cc3cccc(CN[C@@H]4CCN[C@@H](c5ccccc5)C4)c3C2=O)C(=O)N1. The molecule has 0 bridgehead atoms. The summed E-state index contributed by atoms with van der Waals surface area (Å²) in [5, 5.41) is 9.63. The second-order valence-electron chi connectivity index (χ2n) is 8.87. The van der Waals surface area contributed by atoms with E-state index in [1.54, 1.807) is 4.90 Å². The number of hydrogen-bond acceptors (Lipinski definition) is 5. The average molecular weight is 433 g/mol. The lowest BCUT2D eigenvalue weighted by atomic mass is 9.93. The van der Waals surface area contributed by atoms with E-state index in [4.69, 9.17) is 0 Å². The second kappa shape index (κ2) is 8.84. The summed E-state index contributed by atoms with van der Waals surface area (Å²) in [6.45, 7) is 1.98. The fraction of sp³-hybridized carbons (Fsp3) is 0.400. The number of imide groups is 1. The molecule has 0 aromatic heterocycles. The van der Waals surface area contributed by atoms with Gasteiger partial charge >= 0.3 is 0 Å². The Morgan fingerprint density at radius 3 is 2.66 bits per heavy atom. The maximum absolute atomic E-state index is 13.3. The standard InChI is InChI=1S/C25H28N4O3/c30-22-10-9-21(24(31)28-22)29-15-18-8-4-7-17(23(18)25(29)32)14-27-19-11-12-26-20(13-19)16-5-2-1-3-6-16/h1-8,19-21,26-27H,9-15H2,(H,28,30,31)/t19-,20-,21?/m1/s1. The minimum Gasteiger partial charge on any atom is -0.322 e. The molecule has 32 heavy (non-hydrogen) atoms. The molecule has 2 aromatic carbocycles. The predicted octanol–water partition coefficient (Wildman–Crippen LogP) is 2.03. The van der Waals surface area contributed by atoms with Crippen LogP contribution in [0.15, 0.2) is 48.5 Å². The average Bonchev–Trinajstić information content (AvgIpc) is 3.15. The van der Waals surface area contributed by atoms with Gasteiger partial charge in [0.2, 0.25) is 11.8 Å². The van der Waals surface area contributed by atoms with Gasteiger partial charge in [0.25, 0.3) is 5.91 Å². The van der Waals surface area contributed by atoms with Crippen LogP contribution in [-0.2, 0) is 22.7 Å². The first-order valence-electron chi connectivity index (χ1n) is 11.4. The molecule has 3 atom stereocenters. The van der Waals surface area contributed by atoms with Gasteiger partial charge in [-0.1, -0.05) is 48.5 Å². The first kappa shape index (κ1) is 20.8. The zero-order valence-electron chi connectivity index (χ0n) is 18.0. The van der Waals surface area contributed by atoms with E-state index >= 15 is 0 Å². The van der Waals surface area contributed by atoms with Gasteiger partial charge in [-0.15, -0.1) is 0 Å². The first-order chi connectivity index (χ1) is 15.6.